The topological polar surface area (TPSA) is 41.4 Å². The molecule has 4 heterocycles. The van der Waals surface area contributed by atoms with Crippen molar-refractivity contribution in [1.29, 1.82) is 0 Å². The molecule has 0 spiro atoms. The highest BCUT2D eigenvalue weighted by molar-refractivity contribution is 7.10. The van der Waals surface area contributed by atoms with E-state index < -0.39 is 0 Å². The fourth-order valence-corrected chi connectivity index (χ4v) is 4.66. The van der Waals surface area contributed by atoms with Crippen LogP contribution in [0.3, 0.4) is 0 Å². The van der Waals surface area contributed by atoms with Gasteiger partial charge in [0.15, 0.2) is 0 Å². The van der Waals surface area contributed by atoms with Gasteiger partial charge in [-0.15, -0.1) is 11.3 Å². The third-order valence-electron chi connectivity index (χ3n) is 5.13. The van der Waals surface area contributed by atoms with Crippen molar-refractivity contribution in [3.8, 4) is 0 Å². The van der Waals surface area contributed by atoms with Gasteiger partial charge >= 0.3 is 0 Å². The lowest BCUT2D eigenvalue weighted by Gasteiger charge is -2.40. The largest absolute Gasteiger partial charge is 0.338 e. The van der Waals surface area contributed by atoms with Crippen LogP contribution < -0.4 is 0 Å². The van der Waals surface area contributed by atoms with Crippen LogP contribution >= 0.6 is 11.3 Å². The first-order chi connectivity index (χ1) is 11.6. The molecule has 2 aliphatic heterocycles. The molecule has 1 amide bonds. The second-order valence-electron chi connectivity index (χ2n) is 6.97. The zero-order valence-electron chi connectivity index (χ0n) is 14.4. The summed E-state index contributed by atoms with van der Waals surface area (Å²) in [6.45, 7) is 8.69. The number of thiophene rings is 1. The lowest BCUT2D eigenvalue weighted by Crippen LogP contribution is -2.49. The van der Waals surface area contributed by atoms with E-state index in [1.165, 1.54) is 16.1 Å². The monoisotopic (exact) mass is 344 g/mol. The normalized spacial score (nSPS) is 18.5. The van der Waals surface area contributed by atoms with E-state index in [2.05, 4.69) is 39.1 Å². The van der Waals surface area contributed by atoms with Gasteiger partial charge < -0.3 is 4.90 Å². The molecule has 2 aromatic rings. The maximum Gasteiger partial charge on any atom is 0.224 e. The predicted octanol–water partition coefficient (Wildman–Crippen LogP) is 2.39. The minimum Gasteiger partial charge on any atom is -0.338 e. The van der Waals surface area contributed by atoms with Crippen LogP contribution in [0.25, 0.3) is 0 Å². The second kappa shape index (κ2) is 6.33. The average molecular weight is 344 g/mol. The Balaban J connectivity index is 1.24. The van der Waals surface area contributed by atoms with E-state index in [1.807, 2.05) is 23.2 Å². The summed E-state index contributed by atoms with van der Waals surface area (Å²) in [4.78, 5) is 18.3. The van der Waals surface area contributed by atoms with Gasteiger partial charge in [-0.3, -0.25) is 14.4 Å². The summed E-state index contributed by atoms with van der Waals surface area (Å²) >= 11 is 1.82. The van der Waals surface area contributed by atoms with Crippen molar-refractivity contribution in [1.82, 2.24) is 19.6 Å². The predicted molar refractivity (Wildman–Crippen MR) is 95.2 cm³/mol. The number of amides is 1. The Kier molecular flexibility index (Phi) is 4.18. The van der Waals surface area contributed by atoms with Crippen LogP contribution in [0.15, 0.2) is 17.5 Å². The molecule has 0 bridgehead atoms. The Hall–Kier alpha value is -1.66. The standard InChI is InChI=1S/C18H24N4OS/c1-13-9-14(2)22(19-13)16-11-20(12-16)6-4-18(23)21-7-3-17-15(10-21)5-8-24-17/h5,8-9,16H,3-4,6-7,10-12H2,1-2H3. The van der Waals surface area contributed by atoms with Crippen molar-refractivity contribution < 1.29 is 4.79 Å². The number of carbonyl (C=O) groups excluding carboxylic acids is 1. The zero-order valence-corrected chi connectivity index (χ0v) is 15.2. The van der Waals surface area contributed by atoms with Crippen LogP contribution in [0, 0.1) is 13.8 Å². The molecule has 0 atom stereocenters. The molecule has 0 radical (unpaired) electrons. The fraction of sp³-hybridized carbons (Fsp3) is 0.556. The highest BCUT2D eigenvalue weighted by atomic mass is 32.1. The Bertz CT molecular complexity index is 744. The summed E-state index contributed by atoms with van der Waals surface area (Å²) in [7, 11) is 0. The maximum absolute atomic E-state index is 12.5. The molecule has 6 heteroatoms. The SMILES string of the molecule is Cc1cc(C)n(C2CN(CCC(=O)N3CCc4sccc4C3)C2)n1. The van der Waals surface area contributed by atoms with E-state index in [0.717, 1.165) is 44.8 Å². The van der Waals surface area contributed by atoms with E-state index in [1.54, 1.807) is 0 Å². The number of aryl methyl sites for hydroxylation is 2. The smallest absolute Gasteiger partial charge is 0.224 e. The van der Waals surface area contributed by atoms with Crippen molar-refractivity contribution in [3.05, 3.63) is 39.3 Å². The van der Waals surface area contributed by atoms with Crippen LogP contribution in [0.4, 0.5) is 0 Å². The summed E-state index contributed by atoms with van der Waals surface area (Å²) in [5.74, 6) is 0.293. The molecule has 2 aromatic heterocycles. The van der Waals surface area contributed by atoms with Gasteiger partial charge in [-0.25, -0.2) is 0 Å². The first-order valence-electron chi connectivity index (χ1n) is 8.68. The van der Waals surface area contributed by atoms with Crippen LogP contribution in [0.5, 0.6) is 0 Å². The Morgan fingerprint density at radius 2 is 2.21 bits per heavy atom. The molecule has 0 unspecified atom stereocenters. The van der Waals surface area contributed by atoms with Gasteiger partial charge in [-0.1, -0.05) is 0 Å². The highest BCUT2D eigenvalue weighted by Crippen LogP contribution is 2.25. The molecule has 4 rings (SSSR count). The van der Waals surface area contributed by atoms with Crippen molar-refractivity contribution in [2.75, 3.05) is 26.2 Å². The number of fused-ring (bicyclic) bond motifs is 1. The Morgan fingerprint density at radius 1 is 1.38 bits per heavy atom. The summed E-state index contributed by atoms with van der Waals surface area (Å²) in [5, 5.41) is 6.70. The molecular weight excluding hydrogens is 320 g/mol. The lowest BCUT2D eigenvalue weighted by molar-refractivity contribution is -0.132. The zero-order chi connectivity index (χ0) is 16.7. The Morgan fingerprint density at radius 3 is 2.96 bits per heavy atom. The molecule has 2 aliphatic rings. The third-order valence-corrected chi connectivity index (χ3v) is 6.15. The number of aromatic nitrogens is 2. The van der Waals surface area contributed by atoms with Crippen LogP contribution in [-0.2, 0) is 17.8 Å². The molecule has 0 aliphatic carbocycles. The minimum absolute atomic E-state index is 0.293. The summed E-state index contributed by atoms with van der Waals surface area (Å²) in [6.07, 6.45) is 1.64. The fourth-order valence-electron chi connectivity index (χ4n) is 3.77. The molecule has 24 heavy (non-hydrogen) atoms. The van der Waals surface area contributed by atoms with Gasteiger partial charge in [0.1, 0.15) is 0 Å². The second-order valence-corrected chi connectivity index (χ2v) is 7.97. The van der Waals surface area contributed by atoms with E-state index in [4.69, 9.17) is 0 Å². The van der Waals surface area contributed by atoms with E-state index in [-0.39, 0.29) is 0 Å². The van der Waals surface area contributed by atoms with Gasteiger partial charge in [0.25, 0.3) is 0 Å². The van der Waals surface area contributed by atoms with Crippen LogP contribution in [-0.4, -0.2) is 51.7 Å². The Labute approximate surface area is 146 Å². The van der Waals surface area contributed by atoms with Crippen molar-refractivity contribution >= 4 is 17.2 Å². The van der Waals surface area contributed by atoms with E-state index in [0.29, 0.717) is 18.4 Å². The van der Waals surface area contributed by atoms with Gasteiger partial charge in [-0.05, 0) is 43.3 Å². The van der Waals surface area contributed by atoms with Crippen molar-refractivity contribution in [3.63, 3.8) is 0 Å². The number of carbonyl (C=O) groups is 1. The summed E-state index contributed by atoms with van der Waals surface area (Å²) in [5.41, 5.74) is 3.65. The van der Waals surface area contributed by atoms with Crippen LogP contribution in [0.2, 0.25) is 0 Å². The van der Waals surface area contributed by atoms with Crippen LogP contribution in [0.1, 0.15) is 34.3 Å². The molecule has 1 saturated heterocycles. The number of likely N-dealkylation sites (tertiary alicyclic amines) is 1. The maximum atomic E-state index is 12.5. The van der Waals surface area contributed by atoms with Gasteiger partial charge in [-0.2, -0.15) is 5.10 Å². The van der Waals surface area contributed by atoms with E-state index in [9.17, 15) is 4.79 Å². The number of nitrogens with zero attached hydrogens (tertiary/aromatic N) is 4. The van der Waals surface area contributed by atoms with Gasteiger partial charge in [0.2, 0.25) is 5.91 Å². The van der Waals surface area contributed by atoms with Crippen molar-refractivity contribution in [2.45, 2.75) is 39.3 Å². The summed E-state index contributed by atoms with van der Waals surface area (Å²) in [6, 6.07) is 4.76. The molecule has 0 N–H and O–H groups in total. The molecule has 128 valence electrons. The molecule has 0 aromatic carbocycles. The number of hydrogen-bond acceptors (Lipinski definition) is 4. The highest BCUT2D eigenvalue weighted by Gasteiger charge is 2.30. The third kappa shape index (κ3) is 3.00. The first kappa shape index (κ1) is 15.8. The van der Waals surface area contributed by atoms with E-state index >= 15 is 0 Å². The molecule has 0 saturated carbocycles. The molecule has 5 nitrogen and oxygen atoms in total. The summed E-state index contributed by atoms with van der Waals surface area (Å²) < 4.78 is 2.14. The molecular formula is C18H24N4OS. The van der Waals surface area contributed by atoms with Gasteiger partial charge in [0, 0.05) is 49.7 Å². The van der Waals surface area contributed by atoms with Gasteiger partial charge in [0.05, 0.1) is 11.7 Å². The lowest BCUT2D eigenvalue weighted by atomic mass is 10.1. The quantitative estimate of drug-likeness (QED) is 0.855. The van der Waals surface area contributed by atoms with Crippen molar-refractivity contribution in [2.24, 2.45) is 0 Å². The minimum atomic E-state index is 0.293. The number of hydrogen-bond donors (Lipinski definition) is 0. The average Bonchev–Trinajstić information content (AvgIpc) is 3.11. The number of rotatable bonds is 4. The molecule has 1 fully saturated rings. The first-order valence-corrected chi connectivity index (χ1v) is 9.56.